The van der Waals surface area contributed by atoms with E-state index in [-0.39, 0.29) is 22.6 Å². The van der Waals surface area contributed by atoms with Gasteiger partial charge in [0.15, 0.2) is 0 Å². The summed E-state index contributed by atoms with van der Waals surface area (Å²) in [6, 6.07) is 5.56. The molecule has 2 N–H and O–H groups in total. The van der Waals surface area contributed by atoms with Crippen molar-refractivity contribution in [2.24, 2.45) is 0 Å². The molecule has 0 atom stereocenters. The van der Waals surface area contributed by atoms with Gasteiger partial charge in [0.05, 0.1) is 18.2 Å². The van der Waals surface area contributed by atoms with E-state index in [0.717, 1.165) is 0 Å². The lowest BCUT2D eigenvalue weighted by molar-refractivity contribution is -0.136. The number of halogens is 3. The highest BCUT2D eigenvalue weighted by Gasteiger charge is 2.29. The Labute approximate surface area is 135 Å². The van der Waals surface area contributed by atoms with Gasteiger partial charge in [-0.05, 0) is 18.6 Å². The Morgan fingerprint density at radius 1 is 1.25 bits per heavy atom. The van der Waals surface area contributed by atoms with Crippen molar-refractivity contribution in [3.63, 3.8) is 0 Å². The molecule has 128 valence electrons. The van der Waals surface area contributed by atoms with Crippen LogP contribution in [0.15, 0.2) is 34.9 Å². The summed E-state index contributed by atoms with van der Waals surface area (Å²) in [5, 5.41) is 11.2. The van der Waals surface area contributed by atoms with Gasteiger partial charge in [0.2, 0.25) is 0 Å². The number of furan rings is 1. The lowest BCUT2D eigenvalue weighted by atomic mass is 10.1. The van der Waals surface area contributed by atoms with Crippen LogP contribution < -0.4 is 5.32 Å². The molecule has 0 spiro atoms. The zero-order chi connectivity index (χ0) is 17.9. The largest absolute Gasteiger partial charge is 0.481 e. The van der Waals surface area contributed by atoms with Gasteiger partial charge in [-0.1, -0.05) is 18.2 Å². The van der Waals surface area contributed by atoms with Gasteiger partial charge in [-0.25, -0.2) is 0 Å². The van der Waals surface area contributed by atoms with Crippen molar-refractivity contribution in [1.29, 1.82) is 0 Å². The highest BCUT2D eigenvalue weighted by molar-refractivity contribution is 6.06. The second-order valence-corrected chi connectivity index (χ2v) is 5.19. The standard InChI is InChI=1S/C16H14F3NO4/c1-9-8-24-12(6-13(21)22)14(9)15(23)20-11-5-3-2-4-10(11)7-16(17,18)19/h2-5,8H,6-7H2,1H3,(H,20,23)(H,21,22). The van der Waals surface area contributed by atoms with Crippen LogP contribution in [-0.4, -0.2) is 23.2 Å². The Kier molecular flexibility index (Phi) is 4.96. The number of amides is 1. The lowest BCUT2D eigenvalue weighted by Crippen LogP contribution is -2.18. The topological polar surface area (TPSA) is 79.5 Å². The van der Waals surface area contributed by atoms with Crippen LogP contribution in [0.5, 0.6) is 0 Å². The summed E-state index contributed by atoms with van der Waals surface area (Å²) in [6.45, 7) is 1.55. The molecule has 1 aromatic heterocycles. The van der Waals surface area contributed by atoms with E-state index in [0.29, 0.717) is 5.56 Å². The number of benzene rings is 1. The summed E-state index contributed by atoms with van der Waals surface area (Å²) in [5.74, 6) is -1.95. The highest BCUT2D eigenvalue weighted by Crippen LogP contribution is 2.27. The minimum Gasteiger partial charge on any atom is -0.481 e. The van der Waals surface area contributed by atoms with Crippen molar-refractivity contribution in [3.05, 3.63) is 53.0 Å². The van der Waals surface area contributed by atoms with Gasteiger partial charge in [0.25, 0.3) is 5.91 Å². The monoisotopic (exact) mass is 341 g/mol. The maximum absolute atomic E-state index is 12.6. The molecule has 1 amide bonds. The SMILES string of the molecule is Cc1coc(CC(=O)O)c1C(=O)Nc1ccccc1CC(F)(F)F. The Balaban J connectivity index is 2.28. The van der Waals surface area contributed by atoms with E-state index in [1.165, 1.54) is 30.5 Å². The molecular formula is C16H14F3NO4. The van der Waals surface area contributed by atoms with E-state index in [2.05, 4.69) is 5.32 Å². The molecule has 0 aliphatic carbocycles. The highest BCUT2D eigenvalue weighted by atomic mass is 19.4. The van der Waals surface area contributed by atoms with Crippen molar-refractivity contribution in [1.82, 2.24) is 0 Å². The number of carbonyl (C=O) groups excluding carboxylic acids is 1. The van der Waals surface area contributed by atoms with E-state index >= 15 is 0 Å². The van der Waals surface area contributed by atoms with E-state index in [1.54, 1.807) is 6.92 Å². The van der Waals surface area contributed by atoms with Gasteiger partial charge in [0.1, 0.15) is 12.2 Å². The van der Waals surface area contributed by atoms with E-state index in [4.69, 9.17) is 9.52 Å². The van der Waals surface area contributed by atoms with Gasteiger partial charge in [-0.3, -0.25) is 9.59 Å². The van der Waals surface area contributed by atoms with Crippen molar-refractivity contribution in [3.8, 4) is 0 Å². The first-order valence-corrected chi connectivity index (χ1v) is 6.92. The molecule has 0 aliphatic rings. The summed E-state index contributed by atoms with van der Waals surface area (Å²) in [5.41, 5.74) is 0.345. The van der Waals surface area contributed by atoms with Gasteiger partial charge in [0, 0.05) is 11.3 Å². The van der Waals surface area contributed by atoms with Crippen molar-refractivity contribution in [2.45, 2.75) is 25.9 Å². The number of aryl methyl sites for hydroxylation is 1. The molecule has 5 nitrogen and oxygen atoms in total. The Hall–Kier alpha value is -2.77. The average molecular weight is 341 g/mol. The number of hydrogen-bond donors (Lipinski definition) is 2. The number of aliphatic carboxylic acids is 1. The number of nitrogens with one attached hydrogen (secondary N) is 1. The maximum atomic E-state index is 12.6. The zero-order valence-electron chi connectivity index (χ0n) is 12.6. The molecule has 0 saturated heterocycles. The van der Waals surface area contributed by atoms with Crippen LogP contribution in [0.2, 0.25) is 0 Å². The van der Waals surface area contributed by atoms with Gasteiger partial charge in [-0.15, -0.1) is 0 Å². The van der Waals surface area contributed by atoms with Crippen LogP contribution in [0.1, 0.15) is 27.2 Å². The third-order valence-corrected chi connectivity index (χ3v) is 3.25. The van der Waals surface area contributed by atoms with E-state index in [1.807, 2.05) is 0 Å². The molecule has 0 bridgehead atoms. The van der Waals surface area contributed by atoms with Crippen LogP contribution in [0.25, 0.3) is 0 Å². The molecule has 0 aliphatic heterocycles. The second kappa shape index (κ2) is 6.77. The van der Waals surface area contributed by atoms with Gasteiger partial charge < -0.3 is 14.8 Å². The molecule has 8 heteroatoms. The zero-order valence-corrected chi connectivity index (χ0v) is 12.6. The van der Waals surface area contributed by atoms with Crippen LogP contribution in [0, 0.1) is 6.92 Å². The van der Waals surface area contributed by atoms with E-state index < -0.39 is 30.9 Å². The van der Waals surface area contributed by atoms with Crippen LogP contribution in [0.4, 0.5) is 18.9 Å². The predicted octanol–water partition coefficient (Wildman–Crippen LogP) is 3.57. The third kappa shape index (κ3) is 4.37. The Bertz CT molecular complexity index is 765. The molecular weight excluding hydrogens is 327 g/mol. The number of para-hydroxylation sites is 1. The summed E-state index contributed by atoms with van der Waals surface area (Å²) in [6.07, 6.45) is -4.87. The molecule has 1 heterocycles. The molecule has 0 unspecified atom stereocenters. The number of carboxylic acids is 1. The molecule has 2 aromatic rings. The first-order chi connectivity index (χ1) is 11.2. The minimum absolute atomic E-state index is 0.0132. The van der Waals surface area contributed by atoms with Crippen molar-refractivity contribution in [2.75, 3.05) is 5.32 Å². The normalized spacial score (nSPS) is 11.3. The molecule has 1 aromatic carbocycles. The smallest absolute Gasteiger partial charge is 0.393 e. The van der Waals surface area contributed by atoms with Crippen LogP contribution in [0.3, 0.4) is 0 Å². The Morgan fingerprint density at radius 2 is 1.92 bits per heavy atom. The number of carbonyl (C=O) groups is 2. The molecule has 24 heavy (non-hydrogen) atoms. The molecule has 0 saturated carbocycles. The van der Waals surface area contributed by atoms with Crippen LogP contribution >= 0.6 is 0 Å². The summed E-state index contributed by atoms with van der Waals surface area (Å²) < 4.78 is 42.9. The predicted molar refractivity (Wildman–Crippen MR) is 78.9 cm³/mol. The van der Waals surface area contributed by atoms with Crippen molar-refractivity contribution >= 4 is 17.6 Å². The fourth-order valence-corrected chi connectivity index (χ4v) is 2.27. The maximum Gasteiger partial charge on any atom is 0.393 e. The third-order valence-electron chi connectivity index (χ3n) is 3.25. The van der Waals surface area contributed by atoms with Crippen molar-refractivity contribution < 1.29 is 32.3 Å². The molecule has 2 rings (SSSR count). The number of rotatable bonds is 5. The Morgan fingerprint density at radius 3 is 2.54 bits per heavy atom. The second-order valence-electron chi connectivity index (χ2n) is 5.19. The van der Waals surface area contributed by atoms with Crippen LogP contribution in [-0.2, 0) is 17.6 Å². The molecule has 0 fully saturated rings. The quantitative estimate of drug-likeness (QED) is 0.871. The summed E-state index contributed by atoms with van der Waals surface area (Å²) >= 11 is 0. The number of carboxylic acid groups (broad SMARTS) is 1. The lowest BCUT2D eigenvalue weighted by Gasteiger charge is -2.13. The first kappa shape index (κ1) is 17.6. The fourth-order valence-electron chi connectivity index (χ4n) is 2.27. The average Bonchev–Trinajstić information content (AvgIpc) is 2.79. The fraction of sp³-hybridized carbons (Fsp3) is 0.250. The van der Waals surface area contributed by atoms with E-state index in [9.17, 15) is 22.8 Å². The summed E-state index contributed by atoms with van der Waals surface area (Å²) in [7, 11) is 0. The molecule has 0 radical (unpaired) electrons. The van der Waals surface area contributed by atoms with Gasteiger partial charge in [-0.2, -0.15) is 13.2 Å². The summed E-state index contributed by atoms with van der Waals surface area (Å²) in [4.78, 5) is 23.2. The number of hydrogen-bond acceptors (Lipinski definition) is 3. The number of anilines is 1. The minimum atomic E-state index is -4.42. The van der Waals surface area contributed by atoms with Gasteiger partial charge >= 0.3 is 12.1 Å². The first-order valence-electron chi connectivity index (χ1n) is 6.92. The number of alkyl halides is 3.